The number of thiophene rings is 1. The predicted molar refractivity (Wildman–Crippen MR) is 107 cm³/mol. The van der Waals surface area contributed by atoms with E-state index in [-0.39, 0.29) is 17.1 Å². The fourth-order valence-corrected chi connectivity index (χ4v) is 3.64. The van der Waals surface area contributed by atoms with Crippen LogP contribution in [0.1, 0.15) is 26.8 Å². The minimum atomic E-state index is -0.511. The molecule has 28 heavy (non-hydrogen) atoms. The summed E-state index contributed by atoms with van der Waals surface area (Å²) in [7, 11) is 3.40. The van der Waals surface area contributed by atoms with Crippen LogP contribution in [0, 0.1) is 15.9 Å². The van der Waals surface area contributed by atoms with Crippen molar-refractivity contribution >= 4 is 28.6 Å². The van der Waals surface area contributed by atoms with Gasteiger partial charge >= 0.3 is 0 Å². The van der Waals surface area contributed by atoms with Crippen LogP contribution in [0.2, 0.25) is 0 Å². The quantitative estimate of drug-likeness (QED) is 0.493. The van der Waals surface area contributed by atoms with Gasteiger partial charge in [0, 0.05) is 30.6 Å². The van der Waals surface area contributed by atoms with Crippen LogP contribution in [0.5, 0.6) is 0 Å². The van der Waals surface area contributed by atoms with Gasteiger partial charge in [-0.1, -0.05) is 18.2 Å². The molecule has 2 aromatic carbocycles. The van der Waals surface area contributed by atoms with Gasteiger partial charge in [0.25, 0.3) is 11.6 Å². The van der Waals surface area contributed by atoms with Crippen molar-refractivity contribution in [3.05, 3.63) is 91.9 Å². The summed E-state index contributed by atoms with van der Waals surface area (Å²) in [6.07, 6.45) is 0. The van der Waals surface area contributed by atoms with Gasteiger partial charge in [-0.3, -0.25) is 14.9 Å². The van der Waals surface area contributed by atoms with Crippen molar-refractivity contribution in [2.45, 2.75) is 6.04 Å². The number of carbonyl (C=O) groups is 1. The Balaban J connectivity index is 1.93. The summed E-state index contributed by atoms with van der Waals surface area (Å²) in [5.41, 5.74) is 1.17. The third kappa shape index (κ3) is 4.17. The summed E-state index contributed by atoms with van der Waals surface area (Å²) in [5, 5.41) is 16.2. The van der Waals surface area contributed by atoms with Crippen LogP contribution in [0.4, 0.5) is 15.8 Å². The van der Waals surface area contributed by atoms with Crippen LogP contribution in [0.15, 0.2) is 60.0 Å². The molecule has 144 valence electrons. The first-order valence-electron chi connectivity index (χ1n) is 8.42. The zero-order chi connectivity index (χ0) is 20.3. The van der Waals surface area contributed by atoms with Crippen molar-refractivity contribution in [2.75, 3.05) is 19.0 Å². The van der Waals surface area contributed by atoms with E-state index in [1.165, 1.54) is 29.5 Å². The number of nitrogens with zero attached hydrogens (tertiary/aromatic N) is 2. The average molecular weight is 399 g/mol. The van der Waals surface area contributed by atoms with Gasteiger partial charge in [-0.15, -0.1) is 11.3 Å². The summed E-state index contributed by atoms with van der Waals surface area (Å²) in [6, 6.07) is 13.5. The van der Waals surface area contributed by atoms with E-state index in [0.717, 1.165) is 10.4 Å². The molecule has 3 rings (SSSR count). The van der Waals surface area contributed by atoms with Crippen molar-refractivity contribution in [3.8, 4) is 0 Å². The van der Waals surface area contributed by atoms with Crippen molar-refractivity contribution in [3.63, 3.8) is 0 Å². The van der Waals surface area contributed by atoms with E-state index in [9.17, 15) is 19.3 Å². The molecule has 3 aromatic rings. The van der Waals surface area contributed by atoms with Gasteiger partial charge in [-0.05, 0) is 41.3 Å². The number of rotatable bonds is 6. The summed E-state index contributed by atoms with van der Waals surface area (Å²) < 4.78 is 13.3. The van der Waals surface area contributed by atoms with Gasteiger partial charge in [-0.25, -0.2) is 4.39 Å². The van der Waals surface area contributed by atoms with Crippen molar-refractivity contribution in [1.82, 2.24) is 5.32 Å². The number of amides is 1. The Morgan fingerprint density at radius 2 is 1.89 bits per heavy atom. The summed E-state index contributed by atoms with van der Waals surface area (Å²) in [6.45, 7) is 0. The highest BCUT2D eigenvalue weighted by Crippen LogP contribution is 2.29. The number of benzene rings is 2. The summed E-state index contributed by atoms with van der Waals surface area (Å²) in [5.74, 6) is -0.814. The topological polar surface area (TPSA) is 75.5 Å². The molecule has 0 aliphatic carbocycles. The smallest absolute Gasteiger partial charge is 0.293 e. The molecule has 1 aromatic heterocycles. The molecule has 0 saturated carbocycles. The van der Waals surface area contributed by atoms with E-state index < -0.39 is 16.9 Å². The van der Waals surface area contributed by atoms with Crippen LogP contribution in [0.3, 0.4) is 0 Å². The lowest BCUT2D eigenvalue weighted by Gasteiger charge is -2.19. The standard InChI is InChI=1S/C20H18FN3O3S/c1-23(2)16-10-7-14(12-17(16)24(26)27)20(25)22-19(18-4-3-11-28-18)13-5-8-15(21)9-6-13/h3-12,19H,1-2H3,(H,22,25)/t19-/m0/s1. The Morgan fingerprint density at radius 1 is 1.18 bits per heavy atom. The molecule has 0 unspecified atom stereocenters. The molecule has 1 amide bonds. The van der Waals surface area contributed by atoms with Crippen molar-refractivity contribution in [1.29, 1.82) is 0 Å². The third-order valence-electron chi connectivity index (χ3n) is 4.22. The second kappa shape index (κ2) is 8.18. The van der Waals surface area contributed by atoms with Gasteiger partial charge in [-0.2, -0.15) is 0 Å². The zero-order valence-electron chi connectivity index (χ0n) is 15.3. The highest BCUT2D eigenvalue weighted by molar-refractivity contribution is 7.10. The fraction of sp³-hybridized carbons (Fsp3) is 0.150. The van der Waals surface area contributed by atoms with Crippen LogP contribution in [0.25, 0.3) is 0 Å². The molecule has 0 saturated heterocycles. The molecule has 0 spiro atoms. The molecule has 1 N–H and O–H groups in total. The first-order chi connectivity index (χ1) is 13.4. The Hall–Kier alpha value is -3.26. The van der Waals surface area contributed by atoms with E-state index in [4.69, 9.17) is 0 Å². The largest absolute Gasteiger partial charge is 0.372 e. The molecule has 1 heterocycles. The zero-order valence-corrected chi connectivity index (χ0v) is 16.1. The molecule has 0 aliphatic heterocycles. The van der Waals surface area contributed by atoms with Crippen molar-refractivity contribution in [2.24, 2.45) is 0 Å². The van der Waals surface area contributed by atoms with Crippen LogP contribution < -0.4 is 10.2 Å². The highest BCUT2D eigenvalue weighted by Gasteiger charge is 2.22. The Kier molecular flexibility index (Phi) is 5.70. The molecule has 1 atom stereocenters. The minimum Gasteiger partial charge on any atom is -0.372 e. The SMILES string of the molecule is CN(C)c1ccc(C(=O)N[C@@H](c2ccc(F)cc2)c2cccs2)cc1[N+](=O)[O-]. The minimum absolute atomic E-state index is 0.146. The number of nitro benzene ring substituents is 1. The number of anilines is 1. The first-order valence-corrected chi connectivity index (χ1v) is 9.30. The Bertz CT molecular complexity index is 988. The monoisotopic (exact) mass is 399 g/mol. The summed E-state index contributed by atoms with van der Waals surface area (Å²) >= 11 is 1.46. The van der Waals surface area contributed by atoms with Crippen molar-refractivity contribution < 1.29 is 14.1 Å². The van der Waals surface area contributed by atoms with E-state index in [1.807, 2.05) is 17.5 Å². The second-order valence-corrected chi connectivity index (χ2v) is 7.31. The maximum atomic E-state index is 13.3. The van der Waals surface area contributed by atoms with Crippen LogP contribution in [-0.2, 0) is 0 Å². The lowest BCUT2D eigenvalue weighted by Crippen LogP contribution is -2.29. The third-order valence-corrected chi connectivity index (χ3v) is 5.16. The first kappa shape index (κ1) is 19.5. The highest BCUT2D eigenvalue weighted by atomic mass is 32.1. The molecule has 6 nitrogen and oxygen atoms in total. The van der Waals surface area contributed by atoms with Gasteiger partial charge < -0.3 is 10.2 Å². The Morgan fingerprint density at radius 3 is 2.46 bits per heavy atom. The van der Waals surface area contributed by atoms with E-state index in [2.05, 4.69) is 5.32 Å². The van der Waals surface area contributed by atoms with Crippen LogP contribution >= 0.6 is 11.3 Å². The van der Waals surface area contributed by atoms with Gasteiger partial charge in [0.2, 0.25) is 0 Å². The number of carbonyl (C=O) groups excluding carboxylic acids is 1. The maximum absolute atomic E-state index is 13.3. The number of hydrogen-bond donors (Lipinski definition) is 1. The molecule has 8 heteroatoms. The fourth-order valence-electron chi connectivity index (χ4n) is 2.83. The number of nitrogens with one attached hydrogen (secondary N) is 1. The number of hydrogen-bond acceptors (Lipinski definition) is 5. The lowest BCUT2D eigenvalue weighted by molar-refractivity contribution is -0.384. The normalized spacial score (nSPS) is 11.7. The van der Waals surface area contributed by atoms with Crippen LogP contribution in [-0.4, -0.2) is 24.9 Å². The van der Waals surface area contributed by atoms with E-state index >= 15 is 0 Å². The Labute approximate surface area is 165 Å². The maximum Gasteiger partial charge on any atom is 0.293 e. The number of nitro groups is 1. The van der Waals surface area contributed by atoms with E-state index in [1.54, 1.807) is 43.3 Å². The lowest BCUT2D eigenvalue weighted by atomic mass is 10.0. The molecule has 0 aliphatic rings. The van der Waals surface area contributed by atoms with Gasteiger partial charge in [0.1, 0.15) is 11.5 Å². The molecule has 0 radical (unpaired) electrons. The molecule has 0 bridgehead atoms. The molecular formula is C20H18FN3O3S. The second-order valence-electron chi connectivity index (χ2n) is 6.33. The van der Waals surface area contributed by atoms with Gasteiger partial charge in [0.15, 0.2) is 0 Å². The van der Waals surface area contributed by atoms with Gasteiger partial charge in [0.05, 0.1) is 11.0 Å². The summed E-state index contributed by atoms with van der Waals surface area (Å²) in [4.78, 5) is 26.2. The van der Waals surface area contributed by atoms with E-state index in [0.29, 0.717) is 5.69 Å². The number of halogens is 1. The molecule has 0 fully saturated rings. The molecular weight excluding hydrogens is 381 g/mol. The predicted octanol–water partition coefficient (Wildman–Crippen LogP) is 4.38. The average Bonchev–Trinajstić information content (AvgIpc) is 3.20.